The molecule has 0 saturated heterocycles. The van der Waals surface area contributed by atoms with Crippen molar-refractivity contribution in [1.82, 2.24) is 4.98 Å². The lowest BCUT2D eigenvalue weighted by molar-refractivity contribution is 0.0940. The van der Waals surface area contributed by atoms with Crippen molar-refractivity contribution < 1.29 is 4.79 Å². The van der Waals surface area contributed by atoms with E-state index in [1.54, 1.807) is 0 Å². The maximum absolute atomic E-state index is 12.5. The van der Waals surface area contributed by atoms with Gasteiger partial charge in [-0.2, -0.15) is 0 Å². The van der Waals surface area contributed by atoms with Crippen molar-refractivity contribution in [3.05, 3.63) is 45.2 Å². The minimum absolute atomic E-state index is 0.0341. The number of H-pyrrole nitrogens is 1. The number of carbonyl (C=O) groups excluding carboxylic acids is 1. The van der Waals surface area contributed by atoms with Gasteiger partial charge >= 0.3 is 0 Å². The first-order chi connectivity index (χ1) is 9.63. The number of nitrogens with one attached hydrogen (secondary N) is 1. The first-order valence-electron chi connectivity index (χ1n) is 7.32. The fourth-order valence-electron chi connectivity index (χ4n) is 3.48. The van der Waals surface area contributed by atoms with Gasteiger partial charge in [-0.05, 0) is 55.7 Å². The summed E-state index contributed by atoms with van der Waals surface area (Å²) in [5.74, 6) is 1.17. The van der Waals surface area contributed by atoms with E-state index in [0.29, 0.717) is 29.2 Å². The molecule has 2 aromatic rings. The minimum atomic E-state index is -0.0898. The average molecular weight is 267 g/mol. The fourth-order valence-corrected chi connectivity index (χ4v) is 3.48. The Morgan fingerprint density at radius 3 is 2.65 bits per heavy atom. The number of hydrogen-bond donors (Lipinski definition) is 1. The highest BCUT2D eigenvalue weighted by atomic mass is 16.1. The highest BCUT2D eigenvalue weighted by Gasteiger charge is 2.37. The van der Waals surface area contributed by atoms with Crippen LogP contribution in [0.25, 0.3) is 10.9 Å². The third-order valence-electron chi connectivity index (χ3n) is 4.72. The van der Waals surface area contributed by atoms with E-state index in [4.69, 9.17) is 0 Å². The smallest absolute Gasteiger partial charge is 0.200 e. The molecule has 1 saturated carbocycles. The summed E-state index contributed by atoms with van der Waals surface area (Å²) >= 11 is 0. The quantitative estimate of drug-likeness (QED) is 0.863. The van der Waals surface area contributed by atoms with Gasteiger partial charge in [-0.15, -0.1) is 0 Å². The predicted molar refractivity (Wildman–Crippen MR) is 78.2 cm³/mol. The van der Waals surface area contributed by atoms with Crippen LogP contribution in [0.15, 0.2) is 23.0 Å². The number of ketones is 1. The summed E-state index contributed by atoms with van der Waals surface area (Å²) < 4.78 is 0. The molecule has 0 aliphatic heterocycles. The van der Waals surface area contributed by atoms with Crippen molar-refractivity contribution in [3.63, 3.8) is 0 Å². The van der Waals surface area contributed by atoms with Crippen molar-refractivity contribution in [2.75, 3.05) is 0 Å². The second-order valence-corrected chi connectivity index (χ2v) is 6.29. The Hall–Kier alpha value is -1.90. The van der Waals surface area contributed by atoms with Crippen LogP contribution in [0.3, 0.4) is 0 Å². The number of aryl methyl sites for hydroxylation is 1. The van der Waals surface area contributed by atoms with E-state index in [0.717, 1.165) is 23.2 Å². The Kier molecular flexibility index (Phi) is 2.40. The molecule has 1 N–H and O–H groups in total. The Morgan fingerprint density at radius 2 is 1.90 bits per heavy atom. The van der Waals surface area contributed by atoms with Gasteiger partial charge in [0, 0.05) is 23.0 Å². The number of aromatic nitrogens is 1. The summed E-state index contributed by atoms with van der Waals surface area (Å²) in [6, 6.07) is 5.73. The van der Waals surface area contributed by atoms with Gasteiger partial charge in [0.05, 0.1) is 5.56 Å². The van der Waals surface area contributed by atoms with E-state index >= 15 is 0 Å². The topological polar surface area (TPSA) is 49.9 Å². The number of carbonyl (C=O) groups is 1. The molecule has 0 amide bonds. The van der Waals surface area contributed by atoms with Crippen molar-refractivity contribution >= 4 is 16.7 Å². The van der Waals surface area contributed by atoms with E-state index in [2.05, 4.69) is 4.98 Å². The van der Waals surface area contributed by atoms with Gasteiger partial charge in [-0.1, -0.05) is 6.07 Å². The lowest BCUT2D eigenvalue weighted by Crippen LogP contribution is -2.29. The van der Waals surface area contributed by atoms with Crippen LogP contribution in [0, 0.1) is 18.8 Å². The Balaban J connectivity index is 1.94. The molecule has 1 aromatic carbocycles. The summed E-state index contributed by atoms with van der Waals surface area (Å²) in [5.41, 5.74) is 3.17. The molecule has 1 atom stereocenters. The van der Waals surface area contributed by atoms with E-state index in [9.17, 15) is 9.59 Å². The number of Topliss-reactive ketones (excluding diaryl/α,β-unsaturated/α-hetero) is 1. The molecule has 0 bridgehead atoms. The second kappa shape index (κ2) is 4.05. The molecule has 1 aromatic heterocycles. The number of hydrogen-bond acceptors (Lipinski definition) is 2. The second-order valence-electron chi connectivity index (χ2n) is 6.29. The van der Waals surface area contributed by atoms with Crippen LogP contribution in [0.1, 0.15) is 40.9 Å². The van der Waals surface area contributed by atoms with Gasteiger partial charge in [-0.25, -0.2) is 0 Å². The van der Waals surface area contributed by atoms with Crippen LogP contribution < -0.4 is 5.43 Å². The number of pyridine rings is 1. The molecule has 3 nitrogen and oxygen atoms in total. The van der Waals surface area contributed by atoms with Gasteiger partial charge in [0.2, 0.25) is 0 Å². The van der Waals surface area contributed by atoms with Crippen molar-refractivity contribution in [2.45, 2.75) is 32.6 Å². The molecule has 2 aliphatic carbocycles. The standard InChI is InChI=1S/C17H17NO2/c1-9-2-5-12-13(6-9)18-14-7-11(10-3-4-10)8-15(19)16(14)17(12)20/h2,5-6,10-11H,3-4,7-8H2,1H3,(H,18,20). The third kappa shape index (κ3) is 1.73. The van der Waals surface area contributed by atoms with Gasteiger partial charge in [0.1, 0.15) is 0 Å². The van der Waals surface area contributed by atoms with Crippen molar-refractivity contribution in [2.24, 2.45) is 11.8 Å². The Morgan fingerprint density at radius 1 is 1.10 bits per heavy atom. The van der Waals surface area contributed by atoms with E-state index in [1.807, 2.05) is 25.1 Å². The molecular formula is C17H17NO2. The summed E-state index contributed by atoms with van der Waals surface area (Å²) in [6.07, 6.45) is 3.89. The zero-order valence-corrected chi connectivity index (χ0v) is 11.5. The molecule has 20 heavy (non-hydrogen) atoms. The molecular weight excluding hydrogens is 250 g/mol. The maximum atomic E-state index is 12.5. The predicted octanol–water partition coefficient (Wildman–Crippen LogP) is 2.99. The lowest BCUT2D eigenvalue weighted by atomic mass is 9.82. The van der Waals surface area contributed by atoms with Crippen LogP contribution in [0.5, 0.6) is 0 Å². The van der Waals surface area contributed by atoms with Gasteiger partial charge in [-0.3, -0.25) is 9.59 Å². The molecule has 1 unspecified atom stereocenters. The van der Waals surface area contributed by atoms with Crippen LogP contribution >= 0.6 is 0 Å². The average Bonchev–Trinajstić information content (AvgIpc) is 3.21. The molecule has 0 radical (unpaired) electrons. The Labute approximate surface area is 117 Å². The highest BCUT2D eigenvalue weighted by molar-refractivity contribution is 6.01. The van der Waals surface area contributed by atoms with Gasteiger partial charge < -0.3 is 4.98 Å². The number of aromatic amines is 1. The van der Waals surface area contributed by atoms with Crippen LogP contribution in [-0.4, -0.2) is 10.8 Å². The molecule has 1 fully saturated rings. The number of fused-ring (bicyclic) bond motifs is 2. The van der Waals surface area contributed by atoms with E-state index < -0.39 is 0 Å². The number of rotatable bonds is 1. The molecule has 3 heteroatoms. The number of benzene rings is 1. The SMILES string of the molecule is Cc1ccc2c(=O)c3c([nH]c2c1)CC(C1CC1)CC3=O. The molecule has 2 aliphatic rings. The fraction of sp³-hybridized carbons (Fsp3) is 0.412. The van der Waals surface area contributed by atoms with E-state index in [1.165, 1.54) is 12.8 Å². The third-order valence-corrected chi connectivity index (χ3v) is 4.72. The van der Waals surface area contributed by atoms with Gasteiger partial charge in [0.15, 0.2) is 11.2 Å². The monoisotopic (exact) mass is 267 g/mol. The zero-order valence-electron chi connectivity index (χ0n) is 11.5. The molecule has 4 rings (SSSR count). The van der Waals surface area contributed by atoms with Crippen LogP contribution in [0.4, 0.5) is 0 Å². The van der Waals surface area contributed by atoms with Crippen LogP contribution in [0.2, 0.25) is 0 Å². The summed E-state index contributed by atoms with van der Waals surface area (Å²) in [4.78, 5) is 28.2. The van der Waals surface area contributed by atoms with Gasteiger partial charge in [0.25, 0.3) is 0 Å². The molecule has 0 spiro atoms. The summed E-state index contributed by atoms with van der Waals surface area (Å²) in [6.45, 7) is 2.01. The van der Waals surface area contributed by atoms with Crippen molar-refractivity contribution in [3.8, 4) is 0 Å². The zero-order chi connectivity index (χ0) is 13.9. The first kappa shape index (κ1) is 11.9. The first-order valence-corrected chi connectivity index (χ1v) is 7.32. The lowest BCUT2D eigenvalue weighted by Gasteiger charge is -2.23. The summed E-state index contributed by atoms with van der Waals surface area (Å²) in [7, 11) is 0. The van der Waals surface area contributed by atoms with E-state index in [-0.39, 0.29) is 11.2 Å². The largest absolute Gasteiger partial charge is 0.358 e. The molecule has 1 heterocycles. The minimum Gasteiger partial charge on any atom is -0.358 e. The highest BCUT2D eigenvalue weighted by Crippen LogP contribution is 2.42. The molecule has 102 valence electrons. The summed E-state index contributed by atoms with van der Waals surface area (Å²) in [5, 5.41) is 0.632. The normalized spacial score (nSPS) is 22.1. The van der Waals surface area contributed by atoms with Crippen LogP contribution in [-0.2, 0) is 6.42 Å². The van der Waals surface area contributed by atoms with Crippen molar-refractivity contribution in [1.29, 1.82) is 0 Å². The Bertz CT molecular complexity index is 783. The maximum Gasteiger partial charge on any atom is 0.200 e.